The largest absolute Gasteiger partial charge is 0.481 e. The van der Waals surface area contributed by atoms with Crippen LogP contribution >= 0.6 is 23.2 Å². The molecule has 6 aromatic rings. The maximum atomic E-state index is 14.6. The summed E-state index contributed by atoms with van der Waals surface area (Å²) in [7, 11) is -2.69. The molecule has 0 bridgehead atoms. The number of hydrogen-bond donors (Lipinski definition) is 3. The molecule has 0 aliphatic rings. The van der Waals surface area contributed by atoms with E-state index in [0.717, 1.165) is 24.3 Å². The SMILES string of the molecule is COc1cc(-c2cc(F)cc(C(C)C)c2CC(=O)NS(=O)(=O)c2ccc(C(=O)N(C)C)c(Cl)c2)ccn1.COc1cc(-c2cc(F)cc(C(C)C)c2CC(=O)NS(=O)(=O)c2ccc(C(=O)O)c(Cl)c2)ccn1. The Morgan fingerprint density at radius 2 is 1.01 bits per heavy atom. The number of nitrogens with one attached hydrogen (secondary N) is 2. The Kier molecular flexibility index (Phi) is 18.2. The highest BCUT2D eigenvalue weighted by molar-refractivity contribution is 7.90. The first-order chi connectivity index (χ1) is 33.8. The van der Waals surface area contributed by atoms with Gasteiger partial charge < -0.3 is 19.5 Å². The van der Waals surface area contributed by atoms with Gasteiger partial charge in [-0.1, -0.05) is 50.9 Å². The number of sulfonamides is 2. The summed E-state index contributed by atoms with van der Waals surface area (Å²) in [5, 5.41) is 8.71. The van der Waals surface area contributed by atoms with Gasteiger partial charge in [-0.05, 0) is 129 Å². The number of aromatic carboxylic acids is 1. The first-order valence-electron chi connectivity index (χ1n) is 21.6. The average molecular weight is 1070 g/mol. The molecule has 2 heterocycles. The summed E-state index contributed by atoms with van der Waals surface area (Å²) < 4.78 is 94.8. The molecule has 0 spiro atoms. The highest BCUT2D eigenvalue weighted by Crippen LogP contribution is 2.35. The van der Waals surface area contributed by atoms with E-state index in [1.54, 1.807) is 38.4 Å². The fourth-order valence-electron chi connectivity index (χ4n) is 7.36. The van der Waals surface area contributed by atoms with Gasteiger partial charge in [0.25, 0.3) is 26.0 Å². The molecular weight excluding hydrogens is 1020 g/mol. The number of ether oxygens (including phenoxy) is 2. The lowest BCUT2D eigenvalue weighted by Crippen LogP contribution is -2.32. The molecule has 6 rings (SSSR count). The number of rotatable bonds is 16. The molecule has 0 atom stereocenters. The summed E-state index contributed by atoms with van der Waals surface area (Å²) in [6.45, 7) is 7.36. The number of methoxy groups -OCH3 is 2. The highest BCUT2D eigenvalue weighted by Gasteiger charge is 2.26. The fraction of sp³-hybridized carbons (Fsp3) is 0.240. The van der Waals surface area contributed by atoms with E-state index >= 15 is 0 Å². The smallest absolute Gasteiger partial charge is 0.337 e. The fourth-order valence-corrected chi connectivity index (χ4v) is 10.0. The molecule has 0 aliphatic carbocycles. The van der Waals surface area contributed by atoms with Crippen molar-refractivity contribution < 1.29 is 59.4 Å². The Morgan fingerprint density at radius 3 is 1.35 bits per heavy atom. The van der Waals surface area contributed by atoms with Crippen LogP contribution < -0.4 is 18.9 Å². The lowest BCUT2D eigenvalue weighted by molar-refractivity contribution is -0.119. The highest BCUT2D eigenvalue weighted by atomic mass is 35.5. The number of aromatic nitrogens is 2. The average Bonchev–Trinajstić information content (AvgIpc) is 3.31. The van der Waals surface area contributed by atoms with Crippen LogP contribution in [0.1, 0.15) is 82.5 Å². The van der Waals surface area contributed by atoms with Crippen molar-refractivity contribution in [3.63, 3.8) is 0 Å². The molecule has 0 saturated carbocycles. The van der Waals surface area contributed by atoms with Crippen LogP contribution in [0.15, 0.2) is 107 Å². The number of benzene rings is 4. The predicted octanol–water partition coefficient (Wildman–Crippen LogP) is 8.84. The van der Waals surface area contributed by atoms with Crippen LogP contribution in [0.4, 0.5) is 8.78 Å². The Labute approximate surface area is 425 Å². The van der Waals surface area contributed by atoms with Crippen LogP contribution in [-0.4, -0.2) is 88.8 Å². The van der Waals surface area contributed by atoms with Gasteiger partial charge in [-0.25, -0.2) is 49.8 Å². The number of carbonyl (C=O) groups excluding carboxylic acids is 3. The molecule has 2 aromatic heterocycles. The van der Waals surface area contributed by atoms with Crippen molar-refractivity contribution in [2.45, 2.75) is 62.2 Å². The number of amides is 3. The van der Waals surface area contributed by atoms with Crippen LogP contribution in [0.2, 0.25) is 10.0 Å². The molecule has 0 fully saturated rings. The Balaban J connectivity index is 0.000000268. The zero-order valence-electron chi connectivity index (χ0n) is 40.0. The lowest BCUT2D eigenvalue weighted by atomic mass is 9.88. The van der Waals surface area contributed by atoms with Crippen LogP contribution in [0.3, 0.4) is 0 Å². The molecule has 380 valence electrons. The number of pyridine rings is 2. The van der Waals surface area contributed by atoms with Crippen molar-refractivity contribution in [2.75, 3.05) is 28.3 Å². The standard InChI is InChI=1S/C26H27ClFN3O5S.C24H22ClFN2O6S/c1-15(2)20-11-17(28)12-21(16-8-9-29-25(10-16)36-5)22(20)14-24(32)30-37(34,35)18-6-7-19(23(27)13-18)26(33)31(3)4;1-13(2)18-9-15(26)10-19(14-6-7-27-23(8-14)34-3)20(18)12-22(29)28-35(32,33)16-4-5-17(24(30)31)21(25)11-16/h6-13,15H,14H2,1-5H3,(H,30,32);4-11,13H,12H2,1-3H3,(H,28,29)(H,30,31). The summed E-state index contributed by atoms with van der Waals surface area (Å²) in [5.41, 5.74) is 3.80. The number of halogens is 4. The second-order valence-electron chi connectivity index (χ2n) is 16.7. The van der Waals surface area contributed by atoms with E-state index in [0.29, 0.717) is 50.4 Å². The number of carboxylic acids is 1. The minimum Gasteiger partial charge on any atom is -0.481 e. The van der Waals surface area contributed by atoms with Crippen molar-refractivity contribution in [1.29, 1.82) is 0 Å². The number of carboxylic acid groups (broad SMARTS) is 1. The molecule has 0 radical (unpaired) electrons. The van der Waals surface area contributed by atoms with Gasteiger partial charge in [-0.15, -0.1) is 0 Å². The summed E-state index contributed by atoms with van der Waals surface area (Å²) in [5.74, 6) is -4.13. The minimum atomic E-state index is -4.35. The van der Waals surface area contributed by atoms with Gasteiger partial charge in [0.1, 0.15) is 11.6 Å². The second-order valence-corrected chi connectivity index (χ2v) is 20.9. The van der Waals surface area contributed by atoms with Crippen molar-refractivity contribution in [3.05, 3.63) is 152 Å². The van der Waals surface area contributed by atoms with E-state index in [1.807, 2.05) is 32.4 Å². The predicted molar refractivity (Wildman–Crippen MR) is 266 cm³/mol. The van der Waals surface area contributed by atoms with Crippen LogP contribution in [0, 0.1) is 11.6 Å². The Bertz CT molecular complexity index is 3300. The van der Waals surface area contributed by atoms with Gasteiger partial charge in [-0.2, -0.15) is 0 Å². The molecule has 3 N–H and O–H groups in total. The van der Waals surface area contributed by atoms with Crippen molar-refractivity contribution in [3.8, 4) is 34.0 Å². The van der Waals surface area contributed by atoms with Crippen molar-refractivity contribution in [1.82, 2.24) is 24.3 Å². The van der Waals surface area contributed by atoms with Gasteiger partial charge in [0.15, 0.2) is 0 Å². The number of carbonyl (C=O) groups is 4. The lowest BCUT2D eigenvalue weighted by Gasteiger charge is -2.18. The van der Waals surface area contributed by atoms with E-state index in [9.17, 15) is 44.8 Å². The van der Waals surface area contributed by atoms with Gasteiger partial charge in [0, 0.05) is 38.6 Å². The first kappa shape index (κ1) is 55.9. The number of hydrogen-bond acceptors (Lipinski definition) is 12. The van der Waals surface area contributed by atoms with E-state index in [2.05, 4.69) is 14.7 Å². The third kappa shape index (κ3) is 13.7. The van der Waals surface area contributed by atoms with E-state index in [1.165, 1.54) is 67.9 Å². The quantitative estimate of drug-likeness (QED) is 0.0824. The Morgan fingerprint density at radius 1 is 0.625 bits per heavy atom. The van der Waals surface area contributed by atoms with Gasteiger partial charge in [0.2, 0.25) is 23.6 Å². The third-order valence-electron chi connectivity index (χ3n) is 10.8. The molecule has 16 nitrogen and oxygen atoms in total. The zero-order chi connectivity index (χ0) is 53.4. The molecule has 72 heavy (non-hydrogen) atoms. The Hall–Kier alpha value is -7.00. The topological polar surface area (TPSA) is 228 Å². The molecule has 4 aromatic carbocycles. The summed E-state index contributed by atoms with van der Waals surface area (Å²) >= 11 is 12.0. The summed E-state index contributed by atoms with van der Waals surface area (Å²) in [4.78, 5) is 58.0. The first-order valence-corrected chi connectivity index (χ1v) is 25.3. The molecule has 22 heteroatoms. The maximum absolute atomic E-state index is 14.6. The maximum Gasteiger partial charge on any atom is 0.337 e. The molecular formula is C50H49Cl2F2N5O11S2. The van der Waals surface area contributed by atoms with Gasteiger partial charge >= 0.3 is 5.97 Å². The van der Waals surface area contributed by atoms with Crippen molar-refractivity contribution in [2.24, 2.45) is 0 Å². The summed E-state index contributed by atoms with van der Waals surface area (Å²) in [6.07, 6.45) is 2.27. The number of nitrogens with zero attached hydrogens (tertiary/aromatic N) is 3. The van der Waals surface area contributed by atoms with Crippen LogP contribution in [-0.2, 0) is 42.5 Å². The third-order valence-corrected chi connectivity index (χ3v) is 14.2. The molecule has 3 amide bonds. The summed E-state index contributed by atoms with van der Waals surface area (Å²) in [6, 6.07) is 18.3. The zero-order valence-corrected chi connectivity index (χ0v) is 43.2. The van der Waals surface area contributed by atoms with E-state index in [-0.39, 0.29) is 61.5 Å². The van der Waals surface area contributed by atoms with Crippen LogP contribution in [0.25, 0.3) is 22.3 Å². The minimum absolute atomic E-state index is 0.0661. The van der Waals surface area contributed by atoms with E-state index in [4.69, 9.17) is 37.8 Å². The van der Waals surface area contributed by atoms with E-state index < -0.39 is 55.4 Å². The van der Waals surface area contributed by atoms with Crippen LogP contribution in [0.5, 0.6) is 11.8 Å². The van der Waals surface area contributed by atoms with Gasteiger partial charge in [0.05, 0.1) is 58.0 Å². The van der Waals surface area contributed by atoms with Gasteiger partial charge in [-0.3, -0.25) is 14.4 Å². The molecule has 0 unspecified atom stereocenters. The second kappa shape index (κ2) is 23.5. The van der Waals surface area contributed by atoms with Crippen molar-refractivity contribution >= 4 is 66.9 Å². The molecule has 0 saturated heterocycles. The molecule has 0 aliphatic heterocycles. The normalized spacial score (nSPS) is 11.4. The monoisotopic (exact) mass is 1070 g/mol.